The molecule has 0 unspecified atom stereocenters. The number of aromatic nitrogens is 1. The molecular formula is C27H27N3O3S. The Morgan fingerprint density at radius 1 is 1.12 bits per heavy atom. The number of rotatable bonds is 6. The van der Waals surface area contributed by atoms with Gasteiger partial charge in [0.15, 0.2) is 4.80 Å². The monoisotopic (exact) mass is 473 g/mol. The lowest BCUT2D eigenvalue weighted by Gasteiger charge is -2.21. The molecule has 1 aliphatic heterocycles. The molecule has 0 fully saturated rings. The number of hydrogen-bond acceptors (Lipinski definition) is 6. The third-order valence-corrected chi connectivity index (χ3v) is 6.52. The number of nitrogens with zero attached hydrogens (tertiary/aromatic N) is 3. The van der Waals surface area contributed by atoms with Gasteiger partial charge in [0.2, 0.25) is 0 Å². The standard InChI is InChI=1S/C27H27N3O3S/c1-5-33-26(32)24-18(2)28-27-30(22(24)16-13-19-9-7-6-8-10-19)25(31)23(34-27)17-20-11-14-21(15-12-20)29(3)4/h6-17,22H,5H2,1-4H3/b16-13+,23-17+/t22-/m0/s1. The van der Waals surface area contributed by atoms with Crippen molar-refractivity contribution in [2.45, 2.75) is 19.9 Å². The van der Waals surface area contributed by atoms with E-state index >= 15 is 0 Å². The van der Waals surface area contributed by atoms with Crippen molar-refractivity contribution in [1.82, 2.24) is 4.57 Å². The van der Waals surface area contributed by atoms with Gasteiger partial charge in [0.25, 0.3) is 5.56 Å². The maximum Gasteiger partial charge on any atom is 0.338 e. The van der Waals surface area contributed by atoms with Crippen LogP contribution in [-0.4, -0.2) is 31.2 Å². The molecule has 0 saturated heterocycles. The van der Waals surface area contributed by atoms with Crippen molar-refractivity contribution >= 4 is 35.1 Å². The molecule has 1 aliphatic rings. The number of hydrogen-bond donors (Lipinski definition) is 0. The van der Waals surface area contributed by atoms with Crippen molar-refractivity contribution in [3.8, 4) is 0 Å². The second kappa shape index (κ2) is 10.1. The van der Waals surface area contributed by atoms with Gasteiger partial charge in [-0.2, -0.15) is 0 Å². The number of carbonyl (C=O) groups is 1. The summed E-state index contributed by atoms with van der Waals surface area (Å²) in [6.45, 7) is 3.80. The first kappa shape index (κ1) is 23.4. The van der Waals surface area contributed by atoms with Crippen LogP contribution in [0.2, 0.25) is 0 Å². The lowest BCUT2D eigenvalue weighted by molar-refractivity contribution is -0.139. The number of anilines is 1. The van der Waals surface area contributed by atoms with E-state index in [1.807, 2.05) is 91.8 Å². The molecule has 7 heteroatoms. The van der Waals surface area contributed by atoms with E-state index in [-0.39, 0.29) is 12.2 Å². The lowest BCUT2D eigenvalue weighted by atomic mass is 10.0. The Hall–Kier alpha value is -3.71. The van der Waals surface area contributed by atoms with Gasteiger partial charge in [0, 0.05) is 19.8 Å². The van der Waals surface area contributed by atoms with Crippen LogP contribution in [0.25, 0.3) is 12.2 Å². The fourth-order valence-electron chi connectivity index (χ4n) is 3.80. The van der Waals surface area contributed by atoms with Gasteiger partial charge in [-0.15, -0.1) is 0 Å². The van der Waals surface area contributed by atoms with Crippen LogP contribution in [0.4, 0.5) is 5.69 Å². The second-order valence-electron chi connectivity index (χ2n) is 8.10. The van der Waals surface area contributed by atoms with Crippen molar-refractivity contribution < 1.29 is 9.53 Å². The summed E-state index contributed by atoms with van der Waals surface area (Å²) in [5.74, 6) is -0.458. The molecule has 4 rings (SSSR count). The molecule has 0 N–H and O–H groups in total. The van der Waals surface area contributed by atoms with Gasteiger partial charge in [0.1, 0.15) is 0 Å². The van der Waals surface area contributed by atoms with Gasteiger partial charge in [0.05, 0.1) is 28.5 Å². The van der Waals surface area contributed by atoms with Crippen LogP contribution in [-0.2, 0) is 9.53 Å². The van der Waals surface area contributed by atoms with Crippen molar-refractivity contribution in [3.63, 3.8) is 0 Å². The summed E-state index contributed by atoms with van der Waals surface area (Å²) in [7, 11) is 3.97. The van der Waals surface area contributed by atoms with Gasteiger partial charge >= 0.3 is 5.97 Å². The van der Waals surface area contributed by atoms with E-state index in [2.05, 4.69) is 4.99 Å². The highest BCUT2D eigenvalue weighted by atomic mass is 32.1. The Morgan fingerprint density at radius 3 is 2.47 bits per heavy atom. The van der Waals surface area contributed by atoms with Gasteiger partial charge in [-0.05, 0) is 43.2 Å². The van der Waals surface area contributed by atoms with E-state index in [0.29, 0.717) is 20.6 Å². The van der Waals surface area contributed by atoms with Crippen LogP contribution in [0.5, 0.6) is 0 Å². The predicted molar refractivity (Wildman–Crippen MR) is 138 cm³/mol. The highest BCUT2D eigenvalue weighted by Gasteiger charge is 2.30. The third-order valence-electron chi connectivity index (χ3n) is 5.54. The summed E-state index contributed by atoms with van der Waals surface area (Å²) in [5, 5.41) is 0. The number of esters is 1. The van der Waals surface area contributed by atoms with Gasteiger partial charge < -0.3 is 9.64 Å². The minimum absolute atomic E-state index is 0.183. The number of ether oxygens (including phenoxy) is 1. The lowest BCUT2D eigenvalue weighted by Crippen LogP contribution is -2.38. The second-order valence-corrected chi connectivity index (χ2v) is 9.11. The van der Waals surface area contributed by atoms with Crippen LogP contribution in [0.1, 0.15) is 31.0 Å². The van der Waals surface area contributed by atoms with Crippen LogP contribution in [0, 0.1) is 0 Å². The number of fused-ring (bicyclic) bond motifs is 1. The number of carbonyl (C=O) groups excluding carboxylic acids is 1. The highest BCUT2D eigenvalue weighted by Crippen LogP contribution is 2.26. The summed E-state index contributed by atoms with van der Waals surface area (Å²) in [6, 6.07) is 17.2. The average Bonchev–Trinajstić information content (AvgIpc) is 3.12. The Morgan fingerprint density at radius 2 is 1.82 bits per heavy atom. The topological polar surface area (TPSA) is 63.9 Å². The average molecular weight is 474 g/mol. The largest absolute Gasteiger partial charge is 0.463 e. The molecule has 1 atom stereocenters. The zero-order valence-corrected chi connectivity index (χ0v) is 20.5. The normalized spacial score (nSPS) is 15.9. The molecule has 0 aliphatic carbocycles. The molecule has 174 valence electrons. The van der Waals surface area contributed by atoms with Gasteiger partial charge in [-0.25, -0.2) is 9.79 Å². The Kier molecular flexibility index (Phi) is 6.93. The molecule has 34 heavy (non-hydrogen) atoms. The maximum absolute atomic E-state index is 13.5. The summed E-state index contributed by atoms with van der Waals surface area (Å²) in [5.41, 5.74) is 3.74. The van der Waals surface area contributed by atoms with E-state index in [0.717, 1.165) is 16.8 Å². The van der Waals surface area contributed by atoms with Crippen molar-refractivity contribution in [2.75, 3.05) is 25.6 Å². The molecule has 2 heterocycles. The summed E-state index contributed by atoms with van der Waals surface area (Å²) in [4.78, 5) is 33.5. The molecule has 1 aromatic heterocycles. The first-order chi connectivity index (χ1) is 16.4. The Balaban J connectivity index is 1.83. The maximum atomic E-state index is 13.5. The first-order valence-electron chi connectivity index (χ1n) is 11.1. The molecule has 0 amide bonds. The van der Waals surface area contributed by atoms with Gasteiger partial charge in [-0.1, -0.05) is 66.0 Å². The molecule has 2 aromatic carbocycles. The van der Waals surface area contributed by atoms with E-state index in [1.165, 1.54) is 11.3 Å². The minimum Gasteiger partial charge on any atom is -0.463 e. The molecule has 0 bridgehead atoms. The van der Waals surface area contributed by atoms with E-state index in [9.17, 15) is 9.59 Å². The van der Waals surface area contributed by atoms with E-state index in [1.54, 1.807) is 18.4 Å². The third kappa shape index (κ3) is 4.79. The SMILES string of the molecule is CCOC(=O)C1=C(C)N=c2s/c(=C/c3ccc(N(C)C)cc3)c(=O)n2[C@H]1/C=C/c1ccccc1. The summed E-state index contributed by atoms with van der Waals surface area (Å²) in [6.07, 6.45) is 5.65. The molecule has 3 aromatic rings. The number of thiazole rings is 1. The van der Waals surface area contributed by atoms with Crippen molar-refractivity contribution in [2.24, 2.45) is 4.99 Å². The van der Waals surface area contributed by atoms with E-state index < -0.39 is 12.0 Å². The smallest absolute Gasteiger partial charge is 0.338 e. The van der Waals surface area contributed by atoms with Crippen molar-refractivity contribution in [3.05, 3.63) is 103 Å². The number of benzene rings is 2. The molecule has 0 radical (unpaired) electrons. The summed E-state index contributed by atoms with van der Waals surface area (Å²) < 4.78 is 7.46. The zero-order chi connectivity index (χ0) is 24.2. The van der Waals surface area contributed by atoms with Gasteiger partial charge in [-0.3, -0.25) is 9.36 Å². The Bertz CT molecular complexity index is 1430. The van der Waals surface area contributed by atoms with Crippen LogP contribution in [0.3, 0.4) is 0 Å². The quantitative estimate of drug-likeness (QED) is 0.514. The highest BCUT2D eigenvalue weighted by molar-refractivity contribution is 7.07. The fourth-order valence-corrected chi connectivity index (χ4v) is 4.86. The van der Waals surface area contributed by atoms with E-state index in [4.69, 9.17) is 4.74 Å². The van der Waals surface area contributed by atoms with Crippen LogP contribution < -0.4 is 19.8 Å². The molecular weight excluding hydrogens is 446 g/mol. The minimum atomic E-state index is -0.603. The number of allylic oxidation sites excluding steroid dienone is 2. The first-order valence-corrected chi connectivity index (χ1v) is 11.9. The fraction of sp³-hybridized carbons (Fsp3) is 0.222. The Labute approximate surface area is 202 Å². The molecule has 0 saturated carbocycles. The molecule has 0 spiro atoms. The van der Waals surface area contributed by atoms with Crippen LogP contribution >= 0.6 is 11.3 Å². The summed E-state index contributed by atoms with van der Waals surface area (Å²) >= 11 is 1.32. The van der Waals surface area contributed by atoms with Crippen LogP contribution in [0.15, 0.2) is 81.7 Å². The molecule has 6 nitrogen and oxygen atoms in total. The zero-order valence-electron chi connectivity index (χ0n) is 19.7. The predicted octanol–water partition coefficient (Wildman–Crippen LogP) is 3.53. The van der Waals surface area contributed by atoms with Crippen molar-refractivity contribution in [1.29, 1.82) is 0 Å².